The van der Waals surface area contributed by atoms with Gasteiger partial charge in [-0.05, 0) is 71.8 Å². The molecule has 2 heterocycles. The van der Waals surface area contributed by atoms with Gasteiger partial charge in [0.25, 0.3) is 12.9 Å². The molecule has 9 heteroatoms. The van der Waals surface area contributed by atoms with Crippen molar-refractivity contribution in [1.29, 1.82) is 0 Å². The van der Waals surface area contributed by atoms with E-state index in [4.69, 9.17) is 19.8 Å². The molecule has 0 aromatic rings. The predicted molar refractivity (Wildman–Crippen MR) is 115 cm³/mol. The number of hydrogen-bond donors (Lipinski definition) is 5. The van der Waals surface area contributed by atoms with Gasteiger partial charge in [0.1, 0.15) is 0 Å². The number of amides is 1. The van der Waals surface area contributed by atoms with Crippen LogP contribution >= 0.6 is 0 Å². The second-order valence-corrected chi connectivity index (χ2v) is 9.42. The first-order chi connectivity index (χ1) is 14.0. The summed E-state index contributed by atoms with van der Waals surface area (Å²) in [6.45, 7) is 12.4. The van der Waals surface area contributed by atoms with Gasteiger partial charge in [-0.15, -0.1) is 0 Å². The molecule has 0 aliphatic carbocycles. The minimum atomic E-state index is -0.250. The van der Waals surface area contributed by atoms with Gasteiger partial charge in [0, 0.05) is 43.7 Å². The summed E-state index contributed by atoms with van der Waals surface area (Å²) in [6, 6.07) is 0. The van der Waals surface area contributed by atoms with Crippen LogP contribution in [0.2, 0.25) is 0 Å². The van der Waals surface area contributed by atoms with E-state index >= 15 is 0 Å². The van der Waals surface area contributed by atoms with Crippen molar-refractivity contribution in [3.05, 3.63) is 0 Å². The van der Waals surface area contributed by atoms with E-state index in [-0.39, 0.29) is 36.5 Å². The number of piperidine rings is 2. The topological polar surface area (TPSA) is 139 Å². The largest absolute Gasteiger partial charge is 0.483 e. The van der Waals surface area contributed by atoms with Crippen molar-refractivity contribution in [3.8, 4) is 0 Å². The highest BCUT2D eigenvalue weighted by Gasteiger charge is 2.38. The van der Waals surface area contributed by atoms with Crippen molar-refractivity contribution < 1.29 is 29.7 Å². The van der Waals surface area contributed by atoms with Crippen molar-refractivity contribution in [2.75, 3.05) is 32.8 Å². The molecule has 9 nitrogen and oxygen atoms in total. The van der Waals surface area contributed by atoms with Gasteiger partial charge >= 0.3 is 0 Å². The number of carbonyl (C=O) groups excluding carboxylic acids is 1. The predicted octanol–water partition coefficient (Wildman–Crippen LogP) is 1.16. The van der Waals surface area contributed by atoms with E-state index in [0.717, 1.165) is 51.9 Å². The molecule has 0 radical (unpaired) electrons. The molecular weight excluding hydrogens is 390 g/mol. The molecule has 2 saturated heterocycles. The molecular formula is C21H41N3O6. The van der Waals surface area contributed by atoms with E-state index in [1.165, 1.54) is 0 Å². The van der Waals surface area contributed by atoms with Gasteiger partial charge in [-0.25, -0.2) is 0 Å². The van der Waals surface area contributed by atoms with Gasteiger partial charge in [-0.1, -0.05) is 0 Å². The summed E-state index contributed by atoms with van der Waals surface area (Å²) >= 11 is 0. The van der Waals surface area contributed by atoms with Crippen molar-refractivity contribution >= 4 is 18.9 Å². The van der Waals surface area contributed by atoms with E-state index in [1.807, 2.05) is 0 Å². The third kappa shape index (κ3) is 12.8. The number of likely N-dealkylation sites (tertiary alicyclic amines) is 1. The quantitative estimate of drug-likeness (QED) is 0.395. The molecule has 176 valence electrons. The SMILES string of the molecule is CC1(C)CC(CC(=O)NCCN2CCCC(CO)C2)CC(C)(C)N1.O=CO.O=CO. The van der Waals surface area contributed by atoms with E-state index in [0.29, 0.717) is 18.3 Å². The maximum Gasteiger partial charge on any atom is 0.290 e. The van der Waals surface area contributed by atoms with Crippen LogP contribution in [-0.4, -0.2) is 82.9 Å². The Morgan fingerprint density at radius 2 is 1.63 bits per heavy atom. The fourth-order valence-electron chi connectivity index (χ4n) is 4.87. The summed E-state index contributed by atoms with van der Waals surface area (Å²) in [6.07, 6.45) is 5.01. The smallest absolute Gasteiger partial charge is 0.290 e. The Labute approximate surface area is 180 Å². The van der Waals surface area contributed by atoms with Crippen LogP contribution in [0.5, 0.6) is 0 Å². The fraction of sp³-hybridized carbons (Fsp3) is 0.857. The summed E-state index contributed by atoms with van der Waals surface area (Å²) in [5, 5.41) is 29.8. The Hall–Kier alpha value is -1.71. The number of carboxylic acid groups (broad SMARTS) is 2. The Morgan fingerprint density at radius 3 is 2.13 bits per heavy atom. The van der Waals surface area contributed by atoms with Crippen LogP contribution in [0.1, 0.15) is 59.8 Å². The molecule has 2 fully saturated rings. The lowest BCUT2D eigenvalue weighted by Gasteiger charge is -2.46. The monoisotopic (exact) mass is 431 g/mol. The first kappa shape index (κ1) is 28.3. The Kier molecular flexibility index (Phi) is 13.5. The summed E-state index contributed by atoms with van der Waals surface area (Å²) in [5.41, 5.74) is 0.194. The molecule has 2 aliphatic heterocycles. The molecule has 1 atom stereocenters. The summed E-state index contributed by atoms with van der Waals surface area (Å²) in [5.74, 6) is 1.04. The van der Waals surface area contributed by atoms with Crippen molar-refractivity contribution in [1.82, 2.24) is 15.5 Å². The molecule has 0 saturated carbocycles. The zero-order valence-corrected chi connectivity index (χ0v) is 18.9. The first-order valence-corrected chi connectivity index (χ1v) is 10.6. The van der Waals surface area contributed by atoms with Crippen molar-refractivity contribution in [2.24, 2.45) is 11.8 Å². The lowest BCUT2D eigenvalue weighted by atomic mass is 9.74. The van der Waals surface area contributed by atoms with E-state index in [9.17, 15) is 9.90 Å². The number of rotatable bonds is 6. The number of nitrogens with one attached hydrogen (secondary N) is 2. The third-order valence-corrected chi connectivity index (χ3v) is 5.36. The zero-order valence-electron chi connectivity index (χ0n) is 18.9. The normalized spacial score (nSPS) is 23.0. The molecule has 2 aliphatic rings. The molecule has 0 aromatic carbocycles. The van der Waals surface area contributed by atoms with Crippen LogP contribution in [0.3, 0.4) is 0 Å². The zero-order chi connectivity index (χ0) is 23.2. The lowest BCUT2D eigenvalue weighted by molar-refractivity contribution is -0.123. The van der Waals surface area contributed by atoms with Crippen LogP contribution in [0.4, 0.5) is 0 Å². The van der Waals surface area contributed by atoms with Gasteiger partial charge in [0.05, 0.1) is 0 Å². The third-order valence-electron chi connectivity index (χ3n) is 5.36. The van der Waals surface area contributed by atoms with Gasteiger partial charge in [-0.2, -0.15) is 0 Å². The molecule has 1 unspecified atom stereocenters. The highest BCUT2D eigenvalue weighted by Crippen LogP contribution is 2.34. The number of carbonyl (C=O) groups is 3. The van der Waals surface area contributed by atoms with Crippen LogP contribution in [0, 0.1) is 11.8 Å². The standard InChI is InChI=1S/C19H37N3O2.2CH2O2/c1-18(2)11-16(12-19(3,4)21-18)10-17(24)20-7-9-22-8-5-6-15(13-22)14-23;2*2-1-3/h15-16,21,23H,5-14H2,1-4H3,(H,20,24);2*1H,(H,2,3). The molecule has 0 aromatic heterocycles. The average molecular weight is 432 g/mol. The molecule has 5 N–H and O–H groups in total. The Bertz CT molecular complexity index is 491. The Balaban J connectivity index is 0.00000125. The molecule has 30 heavy (non-hydrogen) atoms. The van der Waals surface area contributed by atoms with Gasteiger partial charge in [-0.3, -0.25) is 14.4 Å². The highest BCUT2D eigenvalue weighted by molar-refractivity contribution is 5.76. The minimum absolute atomic E-state index is 0.0970. The molecule has 2 rings (SSSR count). The average Bonchev–Trinajstić information content (AvgIpc) is 2.60. The second kappa shape index (κ2) is 14.3. The Morgan fingerprint density at radius 1 is 1.10 bits per heavy atom. The second-order valence-electron chi connectivity index (χ2n) is 9.42. The van der Waals surface area contributed by atoms with E-state index < -0.39 is 0 Å². The van der Waals surface area contributed by atoms with Gasteiger partial charge < -0.3 is 30.9 Å². The number of aliphatic hydroxyl groups excluding tert-OH is 1. The van der Waals surface area contributed by atoms with E-state index in [2.05, 4.69) is 43.2 Å². The number of aliphatic hydroxyl groups is 1. The maximum absolute atomic E-state index is 12.3. The van der Waals surface area contributed by atoms with Crippen LogP contribution in [0.15, 0.2) is 0 Å². The van der Waals surface area contributed by atoms with Crippen molar-refractivity contribution in [3.63, 3.8) is 0 Å². The molecule has 1 amide bonds. The molecule has 0 bridgehead atoms. The first-order valence-electron chi connectivity index (χ1n) is 10.6. The minimum Gasteiger partial charge on any atom is -0.483 e. The summed E-state index contributed by atoms with van der Waals surface area (Å²) in [7, 11) is 0. The van der Waals surface area contributed by atoms with Crippen LogP contribution < -0.4 is 10.6 Å². The van der Waals surface area contributed by atoms with Gasteiger partial charge in [0.2, 0.25) is 5.91 Å². The number of nitrogens with zero attached hydrogens (tertiary/aromatic N) is 1. The van der Waals surface area contributed by atoms with Crippen LogP contribution in [-0.2, 0) is 14.4 Å². The summed E-state index contributed by atoms with van der Waals surface area (Å²) in [4.78, 5) is 31.4. The lowest BCUT2D eigenvalue weighted by Crippen LogP contribution is -2.58. The van der Waals surface area contributed by atoms with E-state index in [1.54, 1.807) is 0 Å². The maximum atomic E-state index is 12.3. The fourth-order valence-corrected chi connectivity index (χ4v) is 4.87. The summed E-state index contributed by atoms with van der Waals surface area (Å²) < 4.78 is 0. The van der Waals surface area contributed by atoms with Crippen molar-refractivity contribution in [2.45, 2.75) is 70.9 Å². The highest BCUT2D eigenvalue weighted by atomic mass is 16.3. The molecule has 0 spiro atoms. The van der Waals surface area contributed by atoms with Gasteiger partial charge in [0.15, 0.2) is 0 Å². The van der Waals surface area contributed by atoms with Crippen LogP contribution in [0.25, 0.3) is 0 Å². The number of hydrogen-bond acceptors (Lipinski definition) is 6.